The Bertz CT molecular complexity index is 2520. The minimum atomic E-state index is -0.962. The summed E-state index contributed by atoms with van der Waals surface area (Å²) in [6, 6.07) is 36.5. The molecule has 12 nitrogen and oxygen atoms in total. The molecule has 0 spiro atoms. The first-order valence-electron chi connectivity index (χ1n) is 19.2. The number of esters is 1. The number of rotatable bonds is 15. The van der Waals surface area contributed by atoms with Gasteiger partial charge in [-0.25, -0.2) is 14.8 Å². The third-order valence-electron chi connectivity index (χ3n) is 10.3. The molecule has 1 saturated heterocycles. The van der Waals surface area contributed by atoms with Gasteiger partial charge in [-0.3, -0.25) is 14.5 Å². The number of anilines is 1. The first-order valence-corrected chi connectivity index (χ1v) is 22.0. The lowest BCUT2D eigenvalue weighted by Crippen LogP contribution is -2.71. The normalized spacial score (nSPS) is 16.5. The number of β-lactam (4-membered cyclic amide) rings is 1. The van der Waals surface area contributed by atoms with E-state index < -0.39 is 34.7 Å². The molecule has 0 saturated carbocycles. The highest BCUT2D eigenvalue weighted by Crippen LogP contribution is 2.43. The van der Waals surface area contributed by atoms with Gasteiger partial charge in [0.25, 0.3) is 11.8 Å². The van der Waals surface area contributed by atoms with Crippen LogP contribution in [0.25, 0.3) is 6.08 Å². The van der Waals surface area contributed by atoms with E-state index in [9.17, 15) is 14.4 Å². The molecule has 4 aromatic carbocycles. The van der Waals surface area contributed by atoms with Gasteiger partial charge in [0.1, 0.15) is 47.8 Å². The zero-order valence-corrected chi connectivity index (χ0v) is 35.8. The van der Waals surface area contributed by atoms with Crippen molar-refractivity contribution in [3.05, 3.63) is 182 Å². The second-order valence-corrected chi connectivity index (χ2v) is 16.8. The number of fused-ring (bicyclic) bond motifs is 1. The molecule has 61 heavy (non-hydrogen) atoms. The van der Waals surface area contributed by atoms with Gasteiger partial charge in [-0.2, -0.15) is 0 Å². The Balaban J connectivity index is 1.04. The molecule has 1 unspecified atom stereocenters. The van der Waals surface area contributed by atoms with Crippen molar-refractivity contribution in [3.63, 3.8) is 0 Å². The van der Waals surface area contributed by atoms with E-state index in [1.165, 1.54) is 46.4 Å². The molecule has 0 bridgehead atoms. The summed E-state index contributed by atoms with van der Waals surface area (Å²) in [7, 11) is 2.92. The number of hydrogen-bond donors (Lipinski definition) is 2. The van der Waals surface area contributed by atoms with Crippen LogP contribution in [0, 0.1) is 6.92 Å². The fraction of sp³-hybridized carbons (Fsp3) is 0.174. The fourth-order valence-corrected chi connectivity index (χ4v) is 10.00. The van der Waals surface area contributed by atoms with Crippen molar-refractivity contribution in [3.8, 4) is 5.75 Å². The third kappa shape index (κ3) is 8.44. The first-order chi connectivity index (χ1) is 29.8. The summed E-state index contributed by atoms with van der Waals surface area (Å²) in [5, 5.41) is 12.3. The Morgan fingerprint density at radius 2 is 1.52 bits per heavy atom. The number of benzene rings is 4. The Kier molecular flexibility index (Phi) is 12.4. The Morgan fingerprint density at radius 3 is 2.10 bits per heavy atom. The molecule has 0 aliphatic carbocycles. The van der Waals surface area contributed by atoms with Crippen LogP contribution in [0.15, 0.2) is 149 Å². The van der Waals surface area contributed by atoms with Gasteiger partial charge < -0.3 is 24.9 Å². The SMILES string of the molecule is CO/N=C(\C(=O)NC1C(=O)N2C(C(=O)OCc3ccc(OC)cc3)=C(C=Cc3scnc3C)CS[C@H]12)c1csc(NC(c2ccccc2)(c2ccccc2)c2ccccc2)n1. The molecule has 2 aromatic heterocycles. The predicted molar refractivity (Wildman–Crippen MR) is 239 cm³/mol. The lowest BCUT2D eigenvalue weighted by atomic mass is 9.77. The summed E-state index contributed by atoms with van der Waals surface area (Å²) < 4.78 is 11.0. The number of aromatic nitrogens is 2. The van der Waals surface area contributed by atoms with Gasteiger partial charge in [0.05, 0.1) is 18.3 Å². The standard InChI is InChI=1S/C46H40N6O6S3/c1-29-37(61-28-47-29)24-21-31-26-59-43-39(42(54)52(43)40(31)44(55)58-25-30-19-22-35(56-2)23-20-30)49-41(53)38(51-57-3)36-27-60-45(48-36)50-46(32-13-7-4-8-14-32,33-15-9-5-10-16-33)34-17-11-6-12-18-34/h4-24,27-28,39,43H,25-26H2,1-3H3,(H,48,50)(H,49,53)/b24-21?,51-38-/t39?,43-/m1/s1. The summed E-state index contributed by atoms with van der Waals surface area (Å²) in [5.74, 6) is -0.707. The molecule has 1 fully saturated rings. The minimum absolute atomic E-state index is 0.0121. The van der Waals surface area contributed by atoms with Crippen LogP contribution in [0.5, 0.6) is 5.75 Å². The highest BCUT2D eigenvalue weighted by Gasteiger charge is 2.54. The van der Waals surface area contributed by atoms with Gasteiger partial charge in [0, 0.05) is 16.0 Å². The number of carbonyl (C=O) groups is 3. The van der Waals surface area contributed by atoms with Gasteiger partial charge in [-0.05, 0) is 53.0 Å². The van der Waals surface area contributed by atoms with Crippen molar-refractivity contribution in [2.45, 2.75) is 30.5 Å². The number of hydrogen-bond acceptors (Lipinski definition) is 13. The average Bonchev–Trinajstić information content (AvgIpc) is 3.96. The predicted octanol–water partition coefficient (Wildman–Crippen LogP) is 7.78. The number of methoxy groups -OCH3 is 1. The van der Waals surface area contributed by atoms with Gasteiger partial charge in [-0.1, -0.05) is 114 Å². The van der Waals surface area contributed by atoms with Crippen LogP contribution in [-0.4, -0.2) is 69.8 Å². The summed E-state index contributed by atoms with van der Waals surface area (Å²) in [6.07, 6.45) is 3.71. The molecule has 6 aromatic rings. The van der Waals surface area contributed by atoms with E-state index in [1.807, 2.05) is 73.7 Å². The molecule has 4 heterocycles. The highest BCUT2D eigenvalue weighted by atomic mass is 32.2. The lowest BCUT2D eigenvalue weighted by molar-refractivity contribution is -0.153. The number of amides is 2. The zero-order valence-electron chi connectivity index (χ0n) is 33.3. The number of nitrogens with one attached hydrogen (secondary N) is 2. The largest absolute Gasteiger partial charge is 0.497 e. The van der Waals surface area contributed by atoms with Crippen LogP contribution >= 0.6 is 34.4 Å². The molecule has 2 amide bonds. The van der Waals surface area contributed by atoms with E-state index in [0.29, 0.717) is 22.2 Å². The number of allylic oxidation sites excluding steroid dienone is 1. The maximum atomic E-state index is 14.1. The van der Waals surface area contributed by atoms with E-state index in [-0.39, 0.29) is 23.7 Å². The van der Waals surface area contributed by atoms with E-state index in [2.05, 4.69) is 57.2 Å². The maximum Gasteiger partial charge on any atom is 0.355 e. The van der Waals surface area contributed by atoms with Crippen molar-refractivity contribution < 1.29 is 28.7 Å². The number of thiazole rings is 2. The van der Waals surface area contributed by atoms with Crippen molar-refractivity contribution in [2.75, 3.05) is 25.3 Å². The lowest BCUT2D eigenvalue weighted by Gasteiger charge is -2.49. The number of thioether (sulfide) groups is 1. The highest BCUT2D eigenvalue weighted by molar-refractivity contribution is 8.00. The molecule has 15 heteroatoms. The van der Waals surface area contributed by atoms with Gasteiger partial charge in [-0.15, -0.1) is 34.4 Å². The monoisotopic (exact) mass is 868 g/mol. The van der Waals surface area contributed by atoms with Gasteiger partial charge in [0.2, 0.25) is 0 Å². The Hall–Kier alpha value is -6.55. The maximum absolute atomic E-state index is 14.1. The van der Waals surface area contributed by atoms with E-state index >= 15 is 0 Å². The zero-order chi connectivity index (χ0) is 42.3. The Labute approximate surface area is 365 Å². The summed E-state index contributed by atoms with van der Waals surface area (Å²) in [5.41, 5.74) is 6.36. The molecule has 2 atom stereocenters. The summed E-state index contributed by atoms with van der Waals surface area (Å²) in [6.45, 7) is 1.89. The van der Waals surface area contributed by atoms with E-state index in [4.69, 9.17) is 19.3 Å². The van der Waals surface area contributed by atoms with Gasteiger partial charge >= 0.3 is 5.97 Å². The molecule has 0 radical (unpaired) electrons. The van der Waals surface area contributed by atoms with Crippen LogP contribution in [0.4, 0.5) is 5.13 Å². The smallest absolute Gasteiger partial charge is 0.355 e. The number of carbonyl (C=O) groups excluding carboxylic acids is 3. The molecule has 2 N–H and O–H groups in total. The van der Waals surface area contributed by atoms with Crippen LogP contribution in [0.1, 0.15) is 38.5 Å². The molecule has 2 aliphatic heterocycles. The van der Waals surface area contributed by atoms with Crippen molar-refractivity contribution in [2.24, 2.45) is 5.16 Å². The van der Waals surface area contributed by atoms with Crippen LogP contribution in [0.3, 0.4) is 0 Å². The van der Waals surface area contributed by atoms with Crippen molar-refractivity contribution in [1.82, 2.24) is 20.2 Å². The van der Waals surface area contributed by atoms with Crippen LogP contribution in [-0.2, 0) is 36.1 Å². The third-order valence-corrected chi connectivity index (χ3v) is 13.2. The Morgan fingerprint density at radius 1 is 0.885 bits per heavy atom. The average molecular weight is 869 g/mol. The molecule has 8 rings (SSSR count). The summed E-state index contributed by atoms with van der Waals surface area (Å²) in [4.78, 5) is 58.6. The van der Waals surface area contributed by atoms with Crippen LogP contribution < -0.4 is 15.4 Å². The van der Waals surface area contributed by atoms with Crippen molar-refractivity contribution >= 4 is 69.1 Å². The minimum Gasteiger partial charge on any atom is -0.497 e. The van der Waals surface area contributed by atoms with E-state index in [1.54, 1.807) is 42.3 Å². The second kappa shape index (κ2) is 18.4. The number of oxime groups is 1. The van der Waals surface area contributed by atoms with Crippen molar-refractivity contribution in [1.29, 1.82) is 0 Å². The second-order valence-electron chi connectivity index (χ2n) is 13.9. The summed E-state index contributed by atoms with van der Waals surface area (Å²) >= 11 is 4.22. The number of ether oxygens (including phenoxy) is 2. The first kappa shape index (κ1) is 41.2. The number of nitrogens with zero attached hydrogens (tertiary/aromatic N) is 4. The van der Waals surface area contributed by atoms with Gasteiger partial charge in [0.15, 0.2) is 10.8 Å². The quantitative estimate of drug-likeness (QED) is 0.0345. The van der Waals surface area contributed by atoms with Crippen LogP contribution in [0.2, 0.25) is 0 Å². The number of aryl methyl sites for hydroxylation is 1. The molecule has 308 valence electrons. The fourth-order valence-electron chi connectivity index (χ4n) is 7.23. The molecular formula is C46H40N6O6S3. The molecular weight excluding hydrogens is 829 g/mol. The topological polar surface area (TPSA) is 144 Å². The molecule has 2 aliphatic rings. The van der Waals surface area contributed by atoms with E-state index in [0.717, 1.165) is 32.8 Å².